The second-order valence-corrected chi connectivity index (χ2v) is 4.41. The van der Waals surface area contributed by atoms with E-state index in [9.17, 15) is 4.79 Å². The molecule has 4 nitrogen and oxygen atoms in total. The Morgan fingerprint density at radius 1 is 1.10 bits per heavy atom. The molecule has 0 fully saturated rings. The highest BCUT2D eigenvalue weighted by Gasteiger charge is 1.99. The Bertz CT molecular complexity index is 624. The fourth-order valence-corrected chi connectivity index (χ4v) is 1.73. The Morgan fingerprint density at radius 3 is 2.50 bits per heavy atom. The lowest BCUT2D eigenvalue weighted by Gasteiger charge is -2.04. The third kappa shape index (κ3) is 4.03. The third-order valence-electron chi connectivity index (χ3n) is 2.51. The van der Waals surface area contributed by atoms with Gasteiger partial charge in [-0.3, -0.25) is 0 Å². The highest BCUT2D eigenvalue weighted by molar-refractivity contribution is 6.32. The first-order chi connectivity index (χ1) is 9.65. The van der Waals surface area contributed by atoms with Crippen LogP contribution < -0.4 is 10.6 Å². The average Bonchev–Trinajstić information content (AvgIpc) is 2.43. The molecule has 5 heteroatoms. The number of carbonyl (C=O) groups excluding carboxylic acids is 1. The fraction of sp³-hybridized carbons (Fsp3) is 0. The van der Waals surface area contributed by atoms with Gasteiger partial charge in [0, 0.05) is 16.9 Å². The Morgan fingerprint density at radius 2 is 1.80 bits per heavy atom. The molecule has 0 aliphatic carbocycles. The van der Waals surface area contributed by atoms with Crippen molar-refractivity contribution in [2.24, 2.45) is 0 Å². The van der Waals surface area contributed by atoms with Crippen molar-refractivity contribution in [2.75, 3.05) is 5.32 Å². The predicted octanol–water partition coefficient (Wildman–Crippen LogP) is 3.84. The summed E-state index contributed by atoms with van der Waals surface area (Å²) in [5.74, 6) is 0.148. The van der Waals surface area contributed by atoms with E-state index in [0.717, 1.165) is 5.56 Å². The van der Waals surface area contributed by atoms with Crippen LogP contribution in [0.15, 0.2) is 54.7 Å². The second kappa shape index (κ2) is 6.63. The highest BCUT2D eigenvalue weighted by Crippen LogP contribution is 2.16. The van der Waals surface area contributed by atoms with Crippen molar-refractivity contribution in [1.82, 2.24) is 5.32 Å². The van der Waals surface area contributed by atoms with Gasteiger partial charge >= 0.3 is 6.03 Å². The standard InChI is InChI=1S/C15H13ClN2O2/c16-14-4-2-1-3-11(14)9-10-17-15(20)18-12-5-7-13(19)8-6-12/h1-10,19H,(H2,17,18,20)/b10-9+. The van der Waals surface area contributed by atoms with E-state index in [-0.39, 0.29) is 11.8 Å². The third-order valence-corrected chi connectivity index (χ3v) is 2.85. The maximum Gasteiger partial charge on any atom is 0.323 e. The van der Waals surface area contributed by atoms with E-state index < -0.39 is 0 Å². The number of rotatable bonds is 3. The molecule has 20 heavy (non-hydrogen) atoms. The van der Waals surface area contributed by atoms with Crippen LogP contribution in [-0.4, -0.2) is 11.1 Å². The van der Waals surface area contributed by atoms with E-state index in [1.807, 2.05) is 18.2 Å². The number of amides is 2. The van der Waals surface area contributed by atoms with Crippen molar-refractivity contribution >= 4 is 29.4 Å². The minimum atomic E-state index is -0.376. The molecule has 0 unspecified atom stereocenters. The van der Waals surface area contributed by atoms with Gasteiger partial charge in [0.1, 0.15) is 5.75 Å². The number of hydrogen-bond donors (Lipinski definition) is 3. The van der Waals surface area contributed by atoms with E-state index in [1.54, 1.807) is 24.3 Å². The van der Waals surface area contributed by atoms with Crippen LogP contribution >= 0.6 is 11.6 Å². The first-order valence-electron chi connectivity index (χ1n) is 5.93. The highest BCUT2D eigenvalue weighted by atomic mass is 35.5. The number of halogens is 1. The molecule has 0 bridgehead atoms. The van der Waals surface area contributed by atoms with E-state index in [0.29, 0.717) is 10.7 Å². The zero-order valence-electron chi connectivity index (χ0n) is 10.5. The number of anilines is 1. The van der Waals surface area contributed by atoms with E-state index >= 15 is 0 Å². The molecule has 0 saturated heterocycles. The van der Waals surface area contributed by atoms with Gasteiger partial charge in [-0.15, -0.1) is 0 Å². The molecular weight excluding hydrogens is 276 g/mol. The maximum absolute atomic E-state index is 11.6. The molecule has 0 saturated carbocycles. The molecule has 0 heterocycles. The van der Waals surface area contributed by atoms with Gasteiger partial charge in [-0.25, -0.2) is 4.79 Å². The average molecular weight is 289 g/mol. The molecule has 0 aliphatic heterocycles. The van der Waals surface area contributed by atoms with E-state index in [1.165, 1.54) is 18.3 Å². The normalized spacial score (nSPS) is 10.4. The summed E-state index contributed by atoms with van der Waals surface area (Å²) >= 11 is 5.98. The molecule has 0 radical (unpaired) electrons. The summed E-state index contributed by atoms with van der Waals surface area (Å²) in [5, 5.41) is 14.9. The van der Waals surface area contributed by atoms with Crippen LogP contribution in [0.5, 0.6) is 5.75 Å². The minimum absolute atomic E-state index is 0.148. The first-order valence-corrected chi connectivity index (χ1v) is 6.30. The van der Waals surface area contributed by atoms with E-state index in [2.05, 4.69) is 10.6 Å². The first kappa shape index (κ1) is 14.0. The lowest BCUT2D eigenvalue weighted by atomic mass is 10.2. The van der Waals surface area contributed by atoms with Crippen molar-refractivity contribution in [2.45, 2.75) is 0 Å². The summed E-state index contributed by atoms with van der Waals surface area (Å²) in [5.41, 5.74) is 1.41. The molecule has 2 rings (SSSR count). The zero-order chi connectivity index (χ0) is 14.4. The molecule has 2 amide bonds. The molecule has 102 valence electrons. The molecular formula is C15H13ClN2O2. The van der Waals surface area contributed by atoms with Crippen LogP contribution in [-0.2, 0) is 0 Å². The number of aromatic hydroxyl groups is 1. The topological polar surface area (TPSA) is 61.4 Å². The van der Waals surface area contributed by atoms with Gasteiger partial charge in [0.15, 0.2) is 0 Å². The Kier molecular flexibility index (Phi) is 4.63. The summed E-state index contributed by atoms with van der Waals surface area (Å²) in [6.45, 7) is 0. The van der Waals surface area contributed by atoms with Crippen LogP contribution in [0, 0.1) is 0 Å². The Labute approximate surface area is 121 Å². The number of carbonyl (C=O) groups is 1. The summed E-state index contributed by atoms with van der Waals surface area (Å²) in [6.07, 6.45) is 3.22. The Hall–Kier alpha value is -2.46. The molecule has 0 aromatic heterocycles. The van der Waals surface area contributed by atoms with Gasteiger partial charge in [-0.1, -0.05) is 29.8 Å². The van der Waals surface area contributed by atoms with Crippen molar-refractivity contribution < 1.29 is 9.90 Å². The maximum atomic E-state index is 11.6. The second-order valence-electron chi connectivity index (χ2n) is 4.00. The molecule has 0 aliphatic rings. The zero-order valence-corrected chi connectivity index (χ0v) is 11.3. The van der Waals surface area contributed by atoms with Gasteiger partial charge in [-0.2, -0.15) is 0 Å². The molecule has 2 aromatic carbocycles. The number of benzene rings is 2. The largest absolute Gasteiger partial charge is 0.508 e. The van der Waals surface area contributed by atoms with Crippen LogP contribution in [0.1, 0.15) is 5.56 Å². The summed E-state index contributed by atoms with van der Waals surface area (Å²) < 4.78 is 0. The van der Waals surface area contributed by atoms with Crippen molar-refractivity contribution in [3.05, 3.63) is 65.3 Å². The van der Waals surface area contributed by atoms with Crippen LogP contribution in [0.25, 0.3) is 6.08 Å². The van der Waals surface area contributed by atoms with Crippen LogP contribution in [0.3, 0.4) is 0 Å². The number of phenolic OH excluding ortho intramolecular Hbond substituents is 1. The number of urea groups is 1. The van der Waals surface area contributed by atoms with Gasteiger partial charge < -0.3 is 15.7 Å². The molecule has 2 aromatic rings. The minimum Gasteiger partial charge on any atom is -0.508 e. The van der Waals surface area contributed by atoms with Gasteiger partial charge in [-0.05, 0) is 42.0 Å². The van der Waals surface area contributed by atoms with Gasteiger partial charge in [0.05, 0.1) is 0 Å². The lowest BCUT2D eigenvalue weighted by Crippen LogP contribution is -2.23. The van der Waals surface area contributed by atoms with Crippen molar-refractivity contribution in [3.63, 3.8) is 0 Å². The van der Waals surface area contributed by atoms with E-state index in [4.69, 9.17) is 16.7 Å². The smallest absolute Gasteiger partial charge is 0.323 e. The predicted molar refractivity (Wildman–Crippen MR) is 80.7 cm³/mol. The van der Waals surface area contributed by atoms with Crippen molar-refractivity contribution in [1.29, 1.82) is 0 Å². The number of nitrogens with one attached hydrogen (secondary N) is 2. The van der Waals surface area contributed by atoms with Crippen LogP contribution in [0.2, 0.25) is 5.02 Å². The number of phenols is 1. The summed E-state index contributed by atoms with van der Waals surface area (Å²) in [4.78, 5) is 11.6. The fourth-order valence-electron chi connectivity index (χ4n) is 1.53. The lowest BCUT2D eigenvalue weighted by molar-refractivity contribution is 0.255. The Balaban J connectivity index is 1.89. The SMILES string of the molecule is O=C(N/C=C/c1ccccc1Cl)Nc1ccc(O)cc1. The quantitative estimate of drug-likeness (QED) is 0.752. The number of hydrogen-bond acceptors (Lipinski definition) is 2. The van der Waals surface area contributed by atoms with Crippen LogP contribution in [0.4, 0.5) is 10.5 Å². The van der Waals surface area contributed by atoms with Gasteiger partial charge in [0.25, 0.3) is 0 Å². The molecule has 0 atom stereocenters. The molecule has 0 spiro atoms. The van der Waals surface area contributed by atoms with Gasteiger partial charge in [0.2, 0.25) is 0 Å². The monoisotopic (exact) mass is 288 g/mol. The summed E-state index contributed by atoms with van der Waals surface area (Å²) in [7, 11) is 0. The molecule has 3 N–H and O–H groups in total. The van der Waals surface area contributed by atoms with Crippen molar-refractivity contribution in [3.8, 4) is 5.75 Å². The summed E-state index contributed by atoms with van der Waals surface area (Å²) in [6, 6.07) is 13.1.